The number of aliphatic carboxylic acids is 1. The van der Waals surface area contributed by atoms with Crippen molar-refractivity contribution < 1.29 is 14.7 Å². The maximum atomic E-state index is 11.7. The lowest BCUT2D eigenvalue weighted by atomic mass is 10.0. The highest BCUT2D eigenvalue weighted by Crippen LogP contribution is 2.16. The summed E-state index contributed by atoms with van der Waals surface area (Å²) in [4.78, 5) is 26.3. The van der Waals surface area contributed by atoms with Crippen LogP contribution in [-0.2, 0) is 9.59 Å². The number of rotatable bonds is 7. The van der Waals surface area contributed by atoms with Crippen molar-refractivity contribution in [2.45, 2.75) is 44.7 Å². The quantitative estimate of drug-likeness (QED) is 0.564. The van der Waals surface area contributed by atoms with Gasteiger partial charge in [-0.05, 0) is 31.6 Å². The first kappa shape index (κ1) is 14.6. The first-order chi connectivity index (χ1) is 8.52. The molecule has 102 valence electrons. The third-order valence-electron chi connectivity index (χ3n) is 3.11. The summed E-state index contributed by atoms with van der Waals surface area (Å²) in [7, 11) is 0. The van der Waals surface area contributed by atoms with Crippen LogP contribution in [-0.4, -0.2) is 41.8 Å². The standard InChI is InChI=1S/C12H21N3O3/c1-8-5-7-14-10(8)11(16)15-6-3-2-4-9(13)12(17)18/h7-10H,2-6,13H2,1H3,(H,15,16)(H,17,18)/t8-,9+,10-/m0/s1. The normalized spacial score (nSPS) is 23.9. The Morgan fingerprint density at radius 1 is 1.56 bits per heavy atom. The van der Waals surface area contributed by atoms with E-state index in [1.54, 1.807) is 6.21 Å². The third kappa shape index (κ3) is 4.44. The van der Waals surface area contributed by atoms with E-state index >= 15 is 0 Å². The highest BCUT2D eigenvalue weighted by molar-refractivity contribution is 5.85. The zero-order chi connectivity index (χ0) is 13.5. The second-order valence-electron chi connectivity index (χ2n) is 4.72. The molecule has 0 aromatic heterocycles. The number of amides is 1. The molecule has 1 heterocycles. The molecule has 1 rings (SSSR count). The number of carboxylic acids is 1. The Labute approximate surface area is 107 Å². The van der Waals surface area contributed by atoms with Gasteiger partial charge in [0, 0.05) is 12.8 Å². The summed E-state index contributed by atoms with van der Waals surface area (Å²) < 4.78 is 0. The maximum Gasteiger partial charge on any atom is 0.320 e. The lowest BCUT2D eigenvalue weighted by Gasteiger charge is -2.13. The fourth-order valence-corrected chi connectivity index (χ4v) is 1.87. The predicted octanol–water partition coefficient (Wildman–Crippen LogP) is 0.164. The number of nitrogens with two attached hydrogens (primary N) is 1. The average Bonchev–Trinajstić information content (AvgIpc) is 2.74. The lowest BCUT2D eigenvalue weighted by molar-refractivity contribution is -0.138. The number of hydrogen-bond donors (Lipinski definition) is 3. The van der Waals surface area contributed by atoms with E-state index in [-0.39, 0.29) is 17.9 Å². The zero-order valence-corrected chi connectivity index (χ0v) is 10.6. The molecule has 6 heteroatoms. The topological polar surface area (TPSA) is 105 Å². The molecule has 0 aromatic carbocycles. The molecule has 1 amide bonds. The Balaban J connectivity index is 2.09. The number of hydrogen-bond acceptors (Lipinski definition) is 4. The molecular weight excluding hydrogens is 234 g/mol. The number of carbonyl (C=O) groups excluding carboxylic acids is 1. The van der Waals surface area contributed by atoms with Crippen LogP contribution in [0.3, 0.4) is 0 Å². The van der Waals surface area contributed by atoms with Gasteiger partial charge in [-0.1, -0.05) is 6.92 Å². The number of nitrogens with zero attached hydrogens (tertiary/aromatic N) is 1. The van der Waals surface area contributed by atoms with Crippen molar-refractivity contribution >= 4 is 18.1 Å². The largest absolute Gasteiger partial charge is 0.480 e. The summed E-state index contributed by atoms with van der Waals surface area (Å²) in [6.07, 6.45) is 4.50. The molecule has 0 saturated carbocycles. The molecule has 0 fully saturated rings. The van der Waals surface area contributed by atoms with Gasteiger partial charge in [0.25, 0.3) is 0 Å². The van der Waals surface area contributed by atoms with Gasteiger partial charge in [0.05, 0.1) is 0 Å². The SMILES string of the molecule is C[C@H]1CC=N[C@@H]1C(=O)NCCCC[C@@H](N)C(=O)O. The Hall–Kier alpha value is -1.43. The van der Waals surface area contributed by atoms with Crippen LogP contribution in [0.25, 0.3) is 0 Å². The molecule has 18 heavy (non-hydrogen) atoms. The van der Waals surface area contributed by atoms with Crippen molar-refractivity contribution in [3.8, 4) is 0 Å². The van der Waals surface area contributed by atoms with Gasteiger partial charge in [-0.3, -0.25) is 14.6 Å². The van der Waals surface area contributed by atoms with Crippen molar-refractivity contribution in [2.75, 3.05) is 6.54 Å². The van der Waals surface area contributed by atoms with Crippen molar-refractivity contribution in [2.24, 2.45) is 16.6 Å². The molecule has 0 spiro atoms. The molecule has 1 aliphatic rings. The number of carboxylic acid groups (broad SMARTS) is 1. The Bertz CT molecular complexity index is 331. The van der Waals surface area contributed by atoms with Crippen molar-refractivity contribution in [1.29, 1.82) is 0 Å². The number of carbonyl (C=O) groups is 2. The molecule has 0 aliphatic carbocycles. The average molecular weight is 255 g/mol. The Morgan fingerprint density at radius 3 is 2.83 bits per heavy atom. The molecule has 0 aromatic rings. The minimum Gasteiger partial charge on any atom is -0.480 e. The molecule has 4 N–H and O–H groups in total. The van der Waals surface area contributed by atoms with Crippen LogP contribution in [0.15, 0.2) is 4.99 Å². The van der Waals surface area contributed by atoms with Crippen LogP contribution in [0.1, 0.15) is 32.6 Å². The third-order valence-corrected chi connectivity index (χ3v) is 3.11. The molecule has 6 nitrogen and oxygen atoms in total. The molecule has 0 unspecified atom stereocenters. The second-order valence-corrected chi connectivity index (χ2v) is 4.72. The predicted molar refractivity (Wildman–Crippen MR) is 68.5 cm³/mol. The van der Waals surface area contributed by atoms with Crippen LogP contribution < -0.4 is 11.1 Å². The van der Waals surface area contributed by atoms with Crippen LogP contribution in [0.5, 0.6) is 0 Å². The Kier molecular flexibility index (Phi) is 5.77. The first-order valence-corrected chi connectivity index (χ1v) is 6.30. The van der Waals surface area contributed by atoms with E-state index in [1.807, 2.05) is 6.92 Å². The van der Waals surface area contributed by atoms with Gasteiger partial charge in [0.1, 0.15) is 12.1 Å². The lowest BCUT2D eigenvalue weighted by Crippen LogP contribution is -2.36. The van der Waals surface area contributed by atoms with Gasteiger partial charge < -0.3 is 16.2 Å². The number of aliphatic imine (C=N–C) groups is 1. The fraction of sp³-hybridized carbons (Fsp3) is 0.750. The minimum atomic E-state index is -0.979. The van der Waals surface area contributed by atoms with E-state index in [2.05, 4.69) is 10.3 Å². The van der Waals surface area contributed by atoms with E-state index in [0.29, 0.717) is 19.4 Å². The summed E-state index contributed by atoms with van der Waals surface area (Å²) in [6, 6.07) is -1.06. The van der Waals surface area contributed by atoms with Gasteiger partial charge in [-0.25, -0.2) is 0 Å². The van der Waals surface area contributed by atoms with Crippen molar-refractivity contribution in [3.63, 3.8) is 0 Å². The summed E-state index contributed by atoms with van der Waals surface area (Å²) in [5.41, 5.74) is 5.37. The van der Waals surface area contributed by atoms with E-state index < -0.39 is 12.0 Å². The van der Waals surface area contributed by atoms with Crippen molar-refractivity contribution in [1.82, 2.24) is 5.32 Å². The second kappa shape index (κ2) is 7.10. The van der Waals surface area contributed by atoms with Gasteiger partial charge >= 0.3 is 5.97 Å². The van der Waals surface area contributed by atoms with E-state index in [9.17, 15) is 9.59 Å². The number of nitrogens with one attached hydrogen (secondary N) is 1. The maximum absolute atomic E-state index is 11.7. The van der Waals surface area contributed by atoms with E-state index in [1.165, 1.54) is 0 Å². The molecular formula is C12H21N3O3. The van der Waals surface area contributed by atoms with Crippen LogP contribution >= 0.6 is 0 Å². The number of unbranched alkanes of at least 4 members (excludes halogenated alkanes) is 1. The minimum absolute atomic E-state index is 0.0428. The highest BCUT2D eigenvalue weighted by atomic mass is 16.4. The van der Waals surface area contributed by atoms with Crippen molar-refractivity contribution in [3.05, 3.63) is 0 Å². The smallest absolute Gasteiger partial charge is 0.320 e. The van der Waals surface area contributed by atoms with E-state index in [4.69, 9.17) is 10.8 Å². The van der Waals surface area contributed by atoms with Gasteiger partial charge in [0.15, 0.2) is 0 Å². The molecule has 1 aliphatic heterocycles. The van der Waals surface area contributed by atoms with Crippen LogP contribution in [0.4, 0.5) is 0 Å². The molecule has 0 radical (unpaired) electrons. The van der Waals surface area contributed by atoms with Crippen LogP contribution in [0.2, 0.25) is 0 Å². The van der Waals surface area contributed by atoms with E-state index in [0.717, 1.165) is 12.8 Å². The molecule has 0 bridgehead atoms. The van der Waals surface area contributed by atoms with Crippen LogP contribution in [0, 0.1) is 5.92 Å². The zero-order valence-electron chi connectivity index (χ0n) is 10.6. The summed E-state index contributed by atoms with van der Waals surface area (Å²) >= 11 is 0. The Morgan fingerprint density at radius 2 is 2.28 bits per heavy atom. The van der Waals surface area contributed by atoms with Gasteiger partial charge in [-0.15, -0.1) is 0 Å². The summed E-state index contributed by atoms with van der Waals surface area (Å²) in [5.74, 6) is -0.752. The first-order valence-electron chi connectivity index (χ1n) is 6.30. The monoisotopic (exact) mass is 255 g/mol. The van der Waals surface area contributed by atoms with Gasteiger partial charge in [0.2, 0.25) is 5.91 Å². The molecule has 0 saturated heterocycles. The molecule has 3 atom stereocenters. The fourth-order valence-electron chi connectivity index (χ4n) is 1.87. The summed E-state index contributed by atoms with van der Waals surface area (Å²) in [5, 5.41) is 11.4. The van der Waals surface area contributed by atoms with Gasteiger partial charge in [-0.2, -0.15) is 0 Å². The summed E-state index contributed by atoms with van der Waals surface area (Å²) in [6.45, 7) is 2.55. The highest BCUT2D eigenvalue weighted by Gasteiger charge is 2.26.